The Morgan fingerprint density at radius 3 is 2.53 bits per heavy atom. The number of halogens is 2. The number of rotatable bonds is 4. The Balaban J connectivity index is 1.35. The van der Waals surface area contributed by atoms with Crippen molar-refractivity contribution in [3.05, 3.63) is 106 Å². The van der Waals surface area contributed by atoms with Crippen molar-refractivity contribution in [3.8, 4) is 11.1 Å². The number of carbonyl (C=O) groups is 1. The summed E-state index contributed by atoms with van der Waals surface area (Å²) in [5, 5.41) is 3.54. The molecule has 1 aliphatic rings. The van der Waals surface area contributed by atoms with Crippen molar-refractivity contribution >= 4 is 39.9 Å². The molecule has 0 aromatic heterocycles. The number of amides is 1. The van der Waals surface area contributed by atoms with Crippen LogP contribution in [0.25, 0.3) is 21.9 Å². The second kappa shape index (κ2) is 8.59. The second-order valence-corrected chi connectivity index (χ2v) is 9.09. The minimum absolute atomic E-state index is 0.0704. The van der Waals surface area contributed by atoms with E-state index >= 15 is 0 Å². The number of hydrogen-bond acceptors (Lipinski definition) is 2. The number of nitrogens with zero attached hydrogens (tertiary/aromatic N) is 1. The van der Waals surface area contributed by atoms with Crippen molar-refractivity contribution in [3.63, 3.8) is 0 Å². The van der Waals surface area contributed by atoms with Crippen LogP contribution in [0.1, 0.15) is 16.7 Å². The maximum Gasteiger partial charge on any atom is 0.240 e. The first-order valence-electron chi connectivity index (χ1n) is 10.6. The first-order chi connectivity index (χ1) is 15.5. The van der Waals surface area contributed by atoms with Crippen molar-refractivity contribution in [2.75, 3.05) is 0 Å². The van der Waals surface area contributed by atoms with E-state index in [1.807, 2.05) is 11.0 Å². The third kappa shape index (κ3) is 4.00. The SMILES string of the molecule is NC(Cc1ccc(Cl)cc1Cl)C(=O)N1Cc2ccc(-c3cccc4ccccc34)cc2C1. The summed E-state index contributed by atoms with van der Waals surface area (Å²) < 4.78 is 0. The predicted octanol–water partition coefficient (Wildman–Crippen LogP) is 6.23. The number of benzene rings is 4. The van der Waals surface area contributed by atoms with Crippen molar-refractivity contribution in [2.45, 2.75) is 25.6 Å². The van der Waals surface area contributed by atoms with Gasteiger partial charge in [-0.3, -0.25) is 4.79 Å². The van der Waals surface area contributed by atoms with E-state index in [1.165, 1.54) is 27.5 Å². The van der Waals surface area contributed by atoms with Crippen LogP contribution in [0.3, 0.4) is 0 Å². The molecule has 0 saturated carbocycles. The van der Waals surface area contributed by atoms with Crippen LogP contribution in [0.5, 0.6) is 0 Å². The zero-order valence-corrected chi connectivity index (χ0v) is 18.9. The summed E-state index contributed by atoms with van der Waals surface area (Å²) >= 11 is 12.2. The molecule has 32 heavy (non-hydrogen) atoms. The number of fused-ring (bicyclic) bond motifs is 2. The molecule has 5 heteroatoms. The average Bonchev–Trinajstić information content (AvgIpc) is 3.23. The van der Waals surface area contributed by atoms with Gasteiger partial charge in [0.05, 0.1) is 6.04 Å². The molecule has 5 rings (SSSR count). The summed E-state index contributed by atoms with van der Waals surface area (Å²) in [6, 6.07) is 25.8. The van der Waals surface area contributed by atoms with Gasteiger partial charge in [0.2, 0.25) is 5.91 Å². The fourth-order valence-electron chi connectivity index (χ4n) is 4.44. The van der Waals surface area contributed by atoms with Gasteiger partial charge < -0.3 is 10.6 Å². The molecule has 4 aromatic rings. The maximum absolute atomic E-state index is 13.1. The van der Waals surface area contributed by atoms with E-state index < -0.39 is 6.04 Å². The Morgan fingerprint density at radius 1 is 0.906 bits per heavy atom. The topological polar surface area (TPSA) is 46.3 Å². The highest BCUT2D eigenvalue weighted by Gasteiger charge is 2.28. The molecule has 1 heterocycles. The van der Waals surface area contributed by atoms with Gasteiger partial charge in [-0.15, -0.1) is 0 Å². The molecule has 0 fully saturated rings. The molecule has 160 valence electrons. The largest absolute Gasteiger partial charge is 0.333 e. The lowest BCUT2D eigenvalue weighted by molar-refractivity contribution is -0.133. The Kier molecular flexibility index (Phi) is 5.64. The Bertz CT molecular complexity index is 1330. The molecule has 0 saturated heterocycles. The molecule has 2 N–H and O–H groups in total. The zero-order chi connectivity index (χ0) is 22.2. The van der Waals surface area contributed by atoms with E-state index in [1.54, 1.807) is 12.1 Å². The summed E-state index contributed by atoms with van der Waals surface area (Å²) in [5.74, 6) is -0.0704. The van der Waals surface area contributed by atoms with E-state index in [4.69, 9.17) is 28.9 Å². The van der Waals surface area contributed by atoms with Gasteiger partial charge in [0, 0.05) is 23.1 Å². The third-order valence-corrected chi connectivity index (χ3v) is 6.70. The number of nitrogens with two attached hydrogens (primary N) is 1. The second-order valence-electron chi connectivity index (χ2n) is 8.25. The van der Waals surface area contributed by atoms with Gasteiger partial charge in [0.15, 0.2) is 0 Å². The van der Waals surface area contributed by atoms with Gasteiger partial charge in [-0.05, 0) is 63.2 Å². The van der Waals surface area contributed by atoms with E-state index in [0.29, 0.717) is 29.6 Å². The molecule has 0 radical (unpaired) electrons. The van der Waals surface area contributed by atoms with E-state index in [9.17, 15) is 4.79 Å². The van der Waals surface area contributed by atoms with Crippen molar-refractivity contribution in [1.29, 1.82) is 0 Å². The molecule has 1 aliphatic heterocycles. The molecule has 3 nitrogen and oxygen atoms in total. The normalized spacial score (nSPS) is 13.9. The molecular weight excluding hydrogens is 439 g/mol. The Labute approximate surface area is 197 Å². The summed E-state index contributed by atoms with van der Waals surface area (Å²) in [4.78, 5) is 14.9. The first kappa shape index (κ1) is 21.0. The summed E-state index contributed by atoms with van der Waals surface area (Å²) in [7, 11) is 0. The third-order valence-electron chi connectivity index (χ3n) is 6.11. The Hall–Kier alpha value is -2.85. The fourth-order valence-corrected chi connectivity index (χ4v) is 4.93. The van der Waals surface area contributed by atoms with Crippen LogP contribution in [0.2, 0.25) is 10.0 Å². The maximum atomic E-state index is 13.1. The molecule has 0 aliphatic carbocycles. The quantitative estimate of drug-likeness (QED) is 0.392. The van der Waals surface area contributed by atoms with Gasteiger partial charge in [-0.25, -0.2) is 0 Å². The number of carbonyl (C=O) groups excluding carboxylic acids is 1. The minimum Gasteiger partial charge on any atom is -0.333 e. The van der Waals surface area contributed by atoms with Gasteiger partial charge in [0.1, 0.15) is 0 Å². The Morgan fingerprint density at radius 2 is 1.69 bits per heavy atom. The first-order valence-corrected chi connectivity index (χ1v) is 11.3. The van der Waals surface area contributed by atoms with E-state index in [0.717, 1.165) is 11.1 Å². The van der Waals surface area contributed by atoms with Crippen LogP contribution in [0, 0.1) is 0 Å². The predicted molar refractivity (Wildman–Crippen MR) is 132 cm³/mol. The summed E-state index contributed by atoms with van der Waals surface area (Å²) in [6.07, 6.45) is 0.378. The lowest BCUT2D eigenvalue weighted by Crippen LogP contribution is -2.42. The molecule has 0 spiro atoms. The van der Waals surface area contributed by atoms with Crippen molar-refractivity contribution in [2.24, 2.45) is 5.73 Å². The van der Waals surface area contributed by atoms with Gasteiger partial charge in [-0.2, -0.15) is 0 Å². The lowest BCUT2D eigenvalue weighted by Gasteiger charge is -2.20. The highest BCUT2D eigenvalue weighted by atomic mass is 35.5. The molecule has 1 amide bonds. The summed E-state index contributed by atoms with van der Waals surface area (Å²) in [5.41, 5.74) is 11.8. The van der Waals surface area contributed by atoms with Gasteiger partial charge in [-0.1, -0.05) is 83.9 Å². The average molecular weight is 461 g/mol. The molecule has 1 atom stereocenters. The van der Waals surface area contributed by atoms with Crippen molar-refractivity contribution < 1.29 is 4.79 Å². The molecule has 0 bridgehead atoms. The zero-order valence-electron chi connectivity index (χ0n) is 17.4. The van der Waals surface area contributed by atoms with E-state index in [-0.39, 0.29) is 5.91 Å². The monoisotopic (exact) mass is 460 g/mol. The summed E-state index contributed by atoms with van der Waals surface area (Å²) in [6.45, 7) is 1.14. The van der Waals surface area contributed by atoms with Crippen molar-refractivity contribution in [1.82, 2.24) is 4.90 Å². The van der Waals surface area contributed by atoms with Gasteiger partial charge in [0.25, 0.3) is 0 Å². The number of hydrogen-bond donors (Lipinski definition) is 1. The minimum atomic E-state index is -0.652. The van der Waals surface area contributed by atoms with Crippen LogP contribution >= 0.6 is 23.2 Å². The highest BCUT2D eigenvalue weighted by molar-refractivity contribution is 6.35. The smallest absolute Gasteiger partial charge is 0.240 e. The van der Waals surface area contributed by atoms with Crippen LogP contribution in [0.15, 0.2) is 78.9 Å². The fraction of sp³-hybridized carbons (Fsp3) is 0.148. The van der Waals surface area contributed by atoms with E-state index in [2.05, 4.69) is 60.7 Å². The lowest BCUT2D eigenvalue weighted by atomic mass is 9.96. The van der Waals surface area contributed by atoms with Crippen LogP contribution < -0.4 is 5.73 Å². The van der Waals surface area contributed by atoms with Crippen LogP contribution in [0.4, 0.5) is 0 Å². The van der Waals surface area contributed by atoms with Gasteiger partial charge >= 0.3 is 0 Å². The van der Waals surface area contributed by atoms with Crippen LogP contribution in [-0.4, -0.2) is 16.8 Å². The standard InChI is InChI=1S/C27H22Cl2N2O/c28-22-11-10-19(25(29)14-22)13-26(30)27(32)31-15-20-9-8-18(12-21(20)16-31)24-7-3-5-17-4-1-2-6-23(17)24/h1-12,14,26H,13,15-16,30H2. The molecule has 4 aromatic carbocycles. The van der Waals surface area contributed by atoms with Crippen LogP contribution in [-0.2, 0) is 24.3 Å². The molecular formula is C27H22Cl2N2O. The molecule has 1 unspecified atom stereocenters. The highest BCUT2D eigenvalue weighted by Crippen LogP contribution is 2.33.